The van der Waals surface area contributed by atoms with Crippen LogP contribution in [-0.4, -0.2) is 54.3 Å². The Kier molecular flexibility index (Phi) is 5.25. The van der Waals surface area contributed by atoms with Crippen LogP contribution >= 0.6 is 0 Å². The van der Waals surface area contributed by atoms with Crippen LogP contribution in [0.15, 0.2) is 34.9 Å². The molecule has 2 heterocycles. The van der Waals surface area contributed by atoms with E-state index in [4.69, 9.17) is 9.26 Å². The molecule has 2 aromatic rings. The molecule has 1 aromatic heterocycles. The highest BCUT2D eigenvalue weighted by Gasteiger charge is 2.18. The van der Waals surface area contributed by atoms with E-state index in [9.17, 15) is 4.39 Å². The third-order valence-corrected chi connectivity index (χ3v) is 4.02. The molecule has 5 nitrogen and oxygen atoms in total. The number of hydrogen-bond donors (Lipinski definition) is 0. The normalized spacial score (nSPS) is 16.6. The summed E-state index contributed by atoms with van der Waals surface area (Å²) >= 11 is 0. The van der Waals surface area contributed by atoms with Crippen LogP contribution in [0.25, 0.3) is 0 Å². The number of para-hydroxylation sites is 1. The maximum atomic E-state index is 13.5. The van der Waals surface area contributed by atoms with Gasteiger partial charge in [-0.15, -0.1) is 0 Å². The van der Waals surface area contributed by atoms with E-state index in [0.29, 0.717) is 12.4 Å². The second-order valence-electron chi connectivity index (χ2n) is 5.83. The molecule has 1 aliphatic rings. The monoisotopic (exact) mass is 319 g/mol. The van der Waals surface area contributed by atoms with Crippen LogP contribution in [0.4, 0.5) is 4.39 Å². The van der Waals surface area contributed by atoms with Gasteiger partial charge in [-0.1, -0.05) is 17.3 Å². The van der Waals surface area contributed by atoms with Gasteiger partial charge in [0, 0.05) is 38.8 Å². The van der Waals surface area contributed by atoms with E-state index in [-0.39, 0.29) is 5.82 Å². The van der Waals surface area contributed by atoms with E-state index in [1.54, 1.807) is 18.2 Å². The minimum atomic E-state index is -0.306. The lowest BCUT2D eigenvalue weighted by Gasteiger charge is -2.33. The number of piperazine rings is 1. The van der Waals surface area contributed by atoms with Crippen molar-refractivity contribution in [1.29, 1.82) is 0 Å². The van der Waals surface area contributed by atoms with Gasteiger partial charge in [0.05, 0.1) is 12.2 Å². The first kappa shape index (κ1) is 16.0. The zero-order chi connectivity index (χ0) is 16.1. The van der Waals surface area contributed by atoms with Crippen molar-refractivity contribution < 1.29 is 13.7 Å². The van der Waals surface area contributed by atoms with Crippen molar-refractivity contribution in [1.82, 2.24) is 15.0 Å². The third-order valence-electron chi connectivity index (χ3n) is 4.02. The highest BCUT2D eigenvalue weighted by atomic mass is 19.1. The first-order chi connectivity index (χ1) is 11.2. The maximum absolute atomic E-state index is 13.5. The van der Waals surface area contributed by atoms with Gasteiger partial charge in [0.1, 0.15) is 6.61 Å². The number of aryl methyl sites for hydroxylation is 1. The minimum Gasteiger partial charge on any atom is -0.489 e. The summed E-state index contributed by atoms with van der Waals surface area (Å²) in [5.41, 5.74) is 0.920. The Morgan fingerprint density at radius 1 is 1.17 bits per heavy atom. The van der Waals surface area contributed by atoms with Crippen molar-refractivity contribution in [3.63, 3.8) is 0 Å². The van der Waals surface area contributed by atoms with Crippen molar-refractivity contribution in [3.8, 4) is 5.75 Å². The summed E-state index contributed by atoms with van der Waals surface area (Å²) in [6.07, 6.45) is 0. The third kappa shape index (κ3) is 4.53. The van der Waals surface area contributed by atoms with Crippen molar-refractivity contribution in [2.24, 2.45) is 0 Å². The molecule has 1 aromatic carbocycles. The van der Waals surface area contributed by atoms with Gasteiger partial charge in [0.25, 0.3) is 0 Å². The average Bonchev–Trinajstić information content (AvgIpc) is 2.96. The summed E-state index contributed by atoms with van der Waals surface area (Å²) in [6.45, 7) is 7.98. The van der Waals surface area contributed by atoms with E-state index in [1.807, 2.05) is 13.0 Å². The molecule has 0 saturated carbocycles. The summed E-state index contributed by atoms with van der Waals surface area (Å²) in [5.74, 6) is 0.935. The van der Waals surface area contributed by atoms with Crippen molar-refractivity contribution in [2.45, 2.75) is 13.5 Å². The Labute approximate surface area is 135 Å². The molecule has 0 radical (unpaired) electrons. The Hall–Kier alpha value is -1.92. The second-order valence-corrected chi connectivity index (χ2v) is 5.83. The lowest BCUT2D eigenvalue weighted by atomic mass is 10.3. The van der Waals surface area contributed by atoms with E-state index >= 15 is 0 Å². The molecule has 1 aliphatic heterocycles. The average molecular weight is 319 g/mol. The number of aromatic nitrogens is 1. The summed E-state index contributed by atoms with van der Waals surface area (Å²) in [6, 6.07) is 8.50. The predicted molar refractivity (Wildman–Crippen MR) is 84.9 cm³/mol. The van der Waals surface area contributed by atoms with Crippen LogP contribution in [0.2, 0.25) is 0 Å². The number of ether oxygens (including phenoxy) is 1. The van der Waals surface area contributed by atoms with Crippen molar-refractivity contribution >= 4 is 0 Å². The van der Waals surface area contributed by atoms with Crippen LogP contribution in [0.1, 0.15) is 11.5 Å². The van der Waals surface area contributed by atoms with Crippen LogP contribution < -0.4 is 4.74 Å². The Bertz CT molecular complexity index is 624. The van der Waals surface area contributed by atoms with Crippen molar-refractivity contribution in [3.05, 3.63) is 47.6 Å². The molecule has 0 atom stereocenters. The molecule has 0 amide bonds. The van der Waals surface area contributed by atoms with E-state index in [1.165, 1.54) is 6.07 Å². The van der Waals surface area contributed by atoms with Gasteiger partial charge >= 0.3 is 0 Å². The van der Waals surface area contributed by atoms with Gasteiger partial charge in [-0.25, -0.2) is 4.39 Å². The smallest absolute Gasteiger partial charge is 0.165 e. The van der Waals surface area contributed by atoms with E-state index in [0.717, 1.165) is 50.7 Å². The number of benzene rings is 1. The summed E-state index contributed by atoms with van der Waals surface area (Å²) in [7, 11) is 0. The molecule has 6 heteroatoms. The highest BCUT2D eigenvalue weighted by molar-refractivity contribution is 5.23. The molecule has 1 fully saturated rings. The Balaban J connectivity index is 1.37. The van der Waals surface area contributed by atoms with E-state index in [2.05, 4.69) is 15.0 Å². The first-order valence-corrected chi connectivity index (χ1v) is 7.95. The van der Waals surface area contributed by atoms with Crippen LogP contribution in [0, 0.1) is 12.7 Å². The fourth-order valence-electron chi connectivity index (χ4n) is 2.73. The Morgan fingerprint density at radius 2 is 1.91 bits per heavy atom. The largest absolute Gasteiger partial charge is 0.489 e. The predicted octanol–water partition coefficient (Wildman–Crippen LogP) is 2.32. The van der Waals surface area contributed by atoms with Gasteiger partial charge < -0.3 is 9.26 Å². The molecule has 0 N–H and O–H groups in total. The molecule has 1 saturated heterocycles. The van der Waals surface area contributed by atoms with Gasteiger partial charge in [-0.05, 0) is 19.1 Å². The summed E-state index contributed by atoms with van der Waals surface area (Å²) < 4.78 is 24.2. The first-order valence-electron chi connectivity index (χ1n) is 7.95. The maximum Gasteiger partial charge on any atom is 0.165 e. The zero-order valence-electron chi connectivity index (χ0n) is 13.4. The highest BCUT2D eigenvalue weighted by Crippen LogP contribution is 2.15. The lowest BCUT2D eigenvalue weighted by molar-refractivity contribution is 0.105. The summed E-state index contributed by atoms with van der Waals surface area (Å²) in [4.78, 5) is 4.69. The molecule has 23 heavy (non-hydrogen) atoms. The van der Waals surface area contributed by atoms with Crippen molar-refractivity contribution in [2.75, 3.05) is 39.3 Å². The molecule has 0 bridgehead atoms. The number of halogens is 1. The molecule has 0 unspecified atom stereocenters. The van der Waals surface area contributed by atoms with Crippen LogP contribution in [0.3, 0.4) is 0 Å². The SMILES string of the molecule is Cc1cc(CN2CCN(CCOc3ccccc3F)CC2)on1. The molecule has 3 rings (SSSR count). The molecule has 0 aliphatic carbocycles. The minimum absolute atomic E-state index is 0.306. The molecule has 124 valence electrons. The number of hydrogen-bond acceptors (Lipinski definition) is 5. The van der Waals surface area contributed by atoms with Gasteiger partial charge in [0.15, 0.2) is 17.3 Å². The topological polar surface area (TPSA) is 41.7 Å². The van der Waals surface area contributed by atoms with Gasteiger partial charge in [-0.3, -0.25) is 9.80 Å². The quantitative estimate of drug-likeness (QED) is 0.817. The lowest BCUT2D eigenvalue weighted by Crippen LogP contribution is -2.46. The van der Waals surface area contributed by atoms with Gasteiger partial charge in [0.2, 0.25) is 0 Å². The fourth-order valence-corrected chi connectivity index (χ4v) is 2.73. The Morgan fingerprint density at radius 3 is 2.61 bits per heavy atom. The standard InChI is InChI=1S/C17H22FN3O2/c1-14-12-15(23-19-14)13-21-8-6-20(7-9-21)10-11-22-17-5-3-2-4-16(17)18/h2-5,12H,6-11,13H2,1H3. The zero-order valence-corrected chi connectivity index (χ0v) is 13.4. The number of rotatable bonds is 6. The molecular formula is C17H22FN3O2. The van der Waals surface area contributed by atoms with E-state index < -0.39 is 0 Å². The van der Waals surface area contributed by atoms with Crippen LogP contribution in [0.5, 0.6) is 5.75 Å². The second kappa shape index (κ2) is 7.57. The van der Waals surface area contributed by atoms with Gasteiger partial charge in [-0.2, -0.15) is 0 Å². The fraction of sp³-hybridized carbons (Fsp3) is 0.471. The number of nitrogens with zero attached hydrogens (tertiary/aromatic N) is 3. The molecule has 0 spiro atoms. The molecular weight excluding hydrogens is 297 g/mol. The van der Waals surface area contributed by atoms with Crippen LogP contribution in [-0.2, 0) is 6.54 Å². The summed E-state index contributed by atoms with van der Waals surface area (Å²) in [5, 5.41) is 3.91.